The van der Waals surface area contributed by atoms with Crippen molar-refractivity contribution in [2.75, 3.05) is 33.5 Å². The van der Waals surface area contributed by atoms with E-state index in [1.54, 1.807) is 0 Å². The standard InChI is InChI=1S/C10H21NO4/c1-8(2)6-15-5-4-11-9(7-14-3)10(12)13/h8-9,11H,4-7H2,1-3H3,(H,12,13). The third-order valence-electron chi connectivity index (χ3n) is 1.72. The van der Waals surface area contributed by atoms with Gasteiger partial charge in [-0.05, 0) is 5.92 Å². The molecule has 1 atom stereocenters. The second-order valence-electron chi connectivity index (χ2n) is 3.77. The summed E-state index contributed by atoms with van der Waals surface area (Å²) in [5, 5.41) is 11.6. The number of hydrogen-bond acceptors (Lipinski definition) is 4. The van der Waals surface area contributed by atoms with Crippen LogP contribution in [-0.2, 0) is 14.3 Å². The largest absolute Gasteiger partial charge is 0.480 e. The van der Waals surface area contributed by atoms with Crippen molar-refractivity contribution in [3.63, 3.8) is 0 Å². The van der Waals surface area contributed by atoms with Crippen molar-refractivity contribution in [3.05, 3.63) is 0 Å². The molecule has 0 amide bonds. The molecule has 1 unspecified atom stereocenters. The second kappa shape index (κ2) is 8.64. The fraction of sp³-hybridized carbons (Fsp3) is 0.900. The molecule has 0 radical (unpaired) electrons. The molecule has 0 aromatic heterocycles. The Morgan fingerprint density at radius 1 is 1.40 bits per heavy atom. The van der Waals surface area contributed by atoms with Crippen LogP contribution in [0.25, 0.3) is 0 Å². The van der Waals surface area contributed by atoms with Gasteiger partial charge in [0.25, 0.3) is 0 Å². The molecule has 0 heterocycles. The average Bonchev–Trinajstić information content (AvgIpc) is 2.15. The third-order valence-corrected chi connectivity index (χ3v) is 1.72. The van der Waals surface area contributed by atoms with Crippen LogP contribution in [0.3, 0.4) is 0 Å². The number of carboxylic acid groups (broad SMARTS) is 1. The van der Waals surface area contributed by atoms with E-state index in [4.69, 9.17) is 14.6 Å². The maximum atomic E-state index is 10.7. The minimum Gasteiger partial charge on any atom is -0.480 e. The molecule has 0 aliphatic heterocycles. The minimum absolute atomic E-state index is 0.166. The van der Waals surface area contributed by atoms with Crippen LogP contribution in [0.1, 0.15) is 13.8 Å². The first-order valence-corrected chi connectivity index (χ1v) is 5.10. The Morgan fingerprint density at radius 2 is 2.07 bits per heavy atom. The van der Waals surface area contributed by atoms with Crippen LogP contribution in [0.2, 0.25) is 0 Å². The van der Waals surface area contributed by atoms with Gasteiger partial charge in [0, 0.05) is 20.3 Å². The first-order chi connectivity index (χ1) is 7.07. The number of nitrogens with one attached hydrogen (secondary N) is 1. The van der Waals surface area contributed by atoms with Gasteiger partial charge in [-0.15, -0.1) is 0 Å². The number of methoxy groups -OCH3 is 1. The normalized spacial score (nSPS) is 13.1. The Morgan fingerprint density at radius 3 is 2.53 bits per heavy atom. The molecule has 0 rings (SSSR count). The summed E-state index contributed by atoms with van der Waals surface area (Å²) in [6.45, 7) is 6.04. The van der Waals surface area contributed by atoms with Crippen LogP contribution in [0, 0.1) is 5.92 Å². The molecular weight excluding hydrogens is 198 g/mol. The van der Waals surface area contributed by atoms with Crippen LogP contribution in [-0.4, -0.2) is 50.6 Å². The van der Waals surface area contributed by atoms with Gasteiger partial charge in [0.2, 0.25) is 0 Å². The molecule has 15 heavy (non-hydrogen) atoms. The van der Waals surface area contributed by atoms with Crippen LogP contribution >= 0.6 is 0 Å². The van der Waals surface area contributed by atoms with Crippen molar-refractivity contribution in [1.82, 2.24) is 5.32 Å². The van der Waals surface area contributed by atoms with Gasteiger partial charge in [0.05, 0.1) is 13.2 Å². The Bertz CT molecular complexity index is 173. The first kappa shape index (κ1) is 14.3. The van der Waals surface area contributed by atoms with Crippen molar-refractivity contribution < 1.29 is 19.4 Å². The molecule has 0 spiro atoms. The van der Waals surface area contributed by atoms with E-state index in [-0.39, 0.29) is 6.61 Å². The van der Waals surface area contributed by atoms with Gasteiger partial charge < -0.3 is 19.9 Å². The number of aliphatic carboxylic acids is 1. The quantitative estimate of drug-likeness (QED) is 0.548. The van der Waals surface area contributed by atoms with Crippen LogP contribution < -0.4 is 5.32 Å². The molecule has 2 N–H and O–H groups in total. The molecule has 0 saturated carbocycles. The zero-order valence-corrected chi connectivity index (χ0v) is 9.66. The molecule has 0 bridgehead atoms. The average molecular weight is 219 g/mol. The molecule has 90 valence electrons. The molecule has 0 aliphatic carbocycles. The summed E-state index contributed by atoms with van der Waals surface area (Å²) in [7, 11) is 1.48. The van der Waals surface area contributed by atoms with Gasteiger partial charge in [0.1, 0.15) is 6.04 Å². The number of ether oxygens (including phenoxy) is 2. The zero-order chi connectivity index (χ0) is 11.7. The predicted molar refractivity (Wildman–Crippen MR) is 57.0 cm³/mol. The van der Waals surface area contributed by atoms with E-state index in [1.165, 1.54) is 7.11 Å². The van der Waals surface area contributed by atoms with Crippen LogP contribution in [0.5, 0.6) is 0 Å². The van der Waals surface area contributed by atoms with E-state index in [1.807, 2.05) is 0 Å². The Labute approximate surface area is 90.8 Å². The van der Waals surface area contributed by atoms with E-state index >= 15 is 0 Å². The summed E-state index contributed by atoms with van der Waals surface area (Å²) in [5.74, 6) is -0.403. The lowest BCUT2D eigenvalue weighted by molar-refractivity contribution is -0.140. The molecular formula is C10H21NO4. The highest BCUT2D eigenvalue weighted by Gasteiger charge is 2.15. The molecule has 5 nitrogen and oxygen atoms in total. The van der Waals surface area contributed by atoms with Crippen molar-refractivity contribution in [3.8, 4) is 0 Å². The van der Waals surface area contributed by atoms with E-state index < -0.39 is 12.0 Å². The number of carboxylic acids is 1. The molecule has 5 heteroatoms. The van der Waals surface area contributed by atoms with Crippen molar-refractivity contribution in [2.24, 2.45) is 5.92 Å². The number of rotatable bonds is 9. The van der Waals surface area contributed by atoms with E-state index in [0.717, 1.165) is 0 Å². The monoisotopic (exact) mass is 219 g/mol. The Hall–Kier alpha value is -0.650. The maximum absolute atomic E-state index is 10.7. The molecule has 0 aromatic rings. The maximum Gasteiger partial charge on any atom is 0.323 e. The highest BCUT2D eigenvalue weighted by atomic mass is 16.5. The topological polar surface area (TPSA) is 67.8 Å². The summed E-state index contributed by atoms with van der Waals surface area (Å²) in [6, 6.07) is -0.655. The van der Waals surface area contributed by atoms with Gasteiger partial charge in [-0.3, -0.25) is 4.79 Å². The van der Waals surface area contributed by atoms with Crippen molar-refractivity contribution in [1.29, 1.82) is 0 Å². The predicted octanol–water partition coefficient (Wildman–Crippen LogP) is 0.348. The number of carbonyl (C=O) groups is 1. The fourth-order valence-electron chi connectivity index (χ4n) is 1.01. The van der Waals surface area contributed by atoms with E-state index in [9.17, 15) is 4.79 Å². The summed E-state index contributed by atoms with van der Waals surface area (Å²) < 4.78 is 10.1. The molecule has 0 aliphatic rings. The molecule has 0 saturated heterocycles. The lowest BCUT2D eigenvalue weighted by Crippen LogP contribution is -2.41. The molecule has 0 fully saturated rings. The number of hydrogen-bond donors (Lipinski definition) is 2. The van der Waals surface area contributed by atoms with Gasteiger partial charge >= 0.3 is 5.97 Å². The first-order valence-electron chi connectivity index (χ1n) is 5.10. The van der Waals surface area contributed by atoms with Crippen molar-refractivity contribution >= 4 is 5.97 Å². The second-order valence-corrected chi connectivity index (χ2v) is 3.77. The highest BCUT2D eigenvalue weighted by molar-refractivity contribution is 5.73. The smallest absolute Gasteiger partial charge is 0.323 e. The van der Waals surface area contributed by atoms with Gasteiger partial charge in [-0.1, -0.05) is 13.8 Å². The van der Waals surface area contributed by atoms with E-state index in [0.29, 0.717) is 25.7 Å². The Balaban J connectivity index is 3.49. The SMILES string of the molecule is COCC(NCCOCC(C)C)C(=O)O. The fourth-order valence-corrected chi connectivity index (χ4v) is 1.01. The Kier molecular flexibility index (Phi) is 8.27. The third kappa shape index (κ3) is 8.35. The van der Waals surface area contributed by atoms with Gasteiger partial charge in [0.15, 0.2) is 0 Å². The summed E-state index contributed by atoms with van der Waals surface area (Å²) in [5.41, 5.74) is 0. The summed E-state index contributed by atoms with van der Waals surface area (Å²) in [4.78, 5) is 10.7. The van der Waals surface area contributed by atoms with E-state index in [2.05, 4.69) is 19.2 Å². The lowest BCUT2D eigenvalue weighted by atomic mass is 10.2. The molecule has 0 aromatic carbocycles. The summed E-state index contributed by atoms with van der Waals surface area (Å²) in [6.07, 6.45) is 0. The van der Waals surface area contributed by atoms with Gasteiger partial charge in [-0.25, -0.2) is 0 Å². The highest BCUT2D eigenvalue weighted by Crippen LogP contribution is 1.91. The zero-order valence-electron chi connectivity index (χ0n) is 9.66. The van der Waals surface area contributed by atoms with Crippen LogP contribution in [0.4, 0.5) is 0 Å². The van der Waals surface area contributed by atoms with Gasteiger partial charge in [-0.2, -0.15) is 0 Å². The minimum atomic E-state index is -0.902. The summed E-state index contributed by atoms with van der Waals surface area (Å²) >= 11 is 0. The van der Waals surface area contributed by atoms with Crippen LogP contribution in [0.15, 0.2) is 0 Å². The lowest BCUT2D eigenvalue weighted by Gasteiger charge is -2.13. The van der Waals surface area contributed by atoms with Crippen molar-refractivity contribution in [2.45, 2.75) is 19.9 Å².